The molecule has 0 bridgehead atoms. The molecule has 27 heavy (non-hydrogen) atoms. The van der Waals surface area contributed by atoms with Gasteiger partial charge in [0.05, 0.1) is 11.5 Å². The van der Waals surface area contributed by atoms with E-state index < -0.39 is 16.7 Å². The second kappa shape index (κ2) is 9.60. The van der Waals surface area contributed by atoms with Gasteiger partial charge in [0.15, 0.2) is 0 Å². The number of hydrogen-bond donors (Lipinski definition) is 3. The van der Waals surface area contributed by atoms with Gasteiger partial charge in [-0.3, -0.25) is 19.7 Å². The van der Waals surface area contributed by atoms with Crippen LogP contribution in [-0.4, -0.2) is 35.0 Å². The lowest BCUT2D eigenvalue weighted by molar-refractivity contribution is -0.384. The largest absolute Gasteiger partial charge is 0.395 e. The van der Waals surface area contributed by atoms with Gasteiger partial charge in [-0.15, -0.1) is 0 Å². The number of carbonyl (C=O) groups is 2. The highest BCUT2D eigenvalue weighted by molar-refractivity contribution is 9.10. The molecule has 2 aromatic carbocycles. The predicted octanol–water partition coefficient (Wildman–Crippen LogP) is 2.24. The van der Waals surface area contributed by atoms with Crippen molar-refractivity contribution in [2.24, 2.45) is 0 Å². The molecule has 0 radical (unpaired) electrons. The Bertz CT molecular complexity index is 881. The van der Waals surface area contributed by atoms with Crippen molar-refractivity contribution >= 4 is 39.5 Å². The Hall–Kier alpha value is -3.04. The van der Waals surface area contributed by atoms with Gasteiger partial charge in [0.2, 0.25) is 0 Å². The Kier molecular flexibility index (Phi) is 7.21. The molecular formula is C18H16BrN3O5. The lowest BCUT2D eigenvalue weighted by atomic mass is 10.1. The molecule has 0 unspecified atom stereocenters. The van der Waals surface area contributed by atoms with Crippen molar-refractivity contribution in [1.82, 2.24) is 10.6 Å². The van der Waals surface area contributed by atoms with Crippen LogP contribution in [0, 0.1) is 10.1 Å². The molecular weight excluding hydrogens is 418 g/mol. The minimum atomic E-state index is -0.624. The van der Waals surface area contributed by atoms with Gasteiger partial charge in [-0.1, -0.05) is 28.1 Å². The van der Waals surface area contributed by atoms with Gasteiger partial charge in [-0.2, -0.15) is 0 Å². The van der Waals surface area contributed by atoms with E-state index in [4.69, 9.17) is 5.11 Å². The molecule has 0 aromatic heterocycles. The number of carbonyl (C=O) groups excluding carboxylic acids is 2. The summed E-state index contributed by atoms with van der Waals surface area (Å²) in [5, 5.41) is 24.7. The summed E-state index contributed by atoms with van der Waals surface area (Å²) in [7, 11) is 0. The Morgan fingerprint density at radius 1 is 1.19 bits per heavy atom. The molecule has 2 amide bonds. The molecule has 2 rings (SSSR count). The number of nitro groups is 1. The third-order valence-corrected chi connectivity index (χ3v) is 3.92. The number of non-ortho nitro benzene ring substituents is 1. The van der Waals surface area contributed by atoms with E-state index in [2.05, 4.69) is 26.6 Å². The fourth-order valence-electron chi connectivity index (χ4n) is 2.11. The van der Waals surface area contributed by atoms with Gasteiger partial charge in [-0.25, -0.2) is 0 Å². The topological polar surface area (TPSA) is 122 Å². The highest BCUT2D eigenvalue weighted by Crippen LogP contribution is 2.16. The van der Waals surface area contributed by atoms with Crippen molar-refractivity contribution in [2.75, 3.05) is 13.2 Å². The zero-order valence-corrected chi connectivity index (χ0v) is 15.6. The van der Waals surface area contributed by atoms with Crippen LogP contribution in [0.5, 0.6) is 0 Å². The first kappa shape index (κ1) is 20.3. The summed E-state index contributed by atoms with van der Waals surface area (Å²) >= 11 is 3.27. The summed E-state index contributed by atoms with van der Waals surface area (Å²) in [5.41, 5.74) is 0.461. The van der Waals surface area contributed by atoms with Crippen molar-refractivity contribution < 1.29 is 19.6 Å². The van der Waals surface area contributed by atoms with Crippen LogP contribution in [0.3, 0.4) is 0 Å². The summed E-state index contributed by atoms with van der Waals surface area (Å²) in [6.45, 7) is -0.268. The Labute approximate surface area is 163 Å². The van der Waals surface area contributed by atoms with Crippen LogP contribution in [0.15, 0.2) is 58.7 Å². The van der Waals surface area contributed by atoms with Gasteiger partial charge < -0.3 is 15.7 Å². The Morgan fingerprint density at radius 3 is 2.52 bits per heavy atom. The van der Waals surface area contributed by atoms with Crippen molar-refractivity contribution in [1.29, 1.82) is 0 Å². The van der Waals surface area contributed by atoms with Crippen molar-refractivity contribution in [2.45, 2.75) is 0 Å². The van der Waals surface area contributed by atoms with Gasteiger partial charge in [0, 0.05) is 28.7 Å². The standard InChI is InChI=1S/C18H16BrN3O5/c19-14-6-4-13(5-7-14)17(24)21-16(18(25)20-8-9-23)11-12-2-1-3-15(10-12)22(26)27/h1-7,10-11,23H,8-9H2,(H,20,25)(H,21,24). The first-order valence-electron chi connectivity index (χ1n) is 7.83. The molecule has 0 spiro atoms. The summed E-state index contributed by atoms with van der Waals surface area (Å²) in [6, 6.07) is 12.2. The van der Waals surface area contributed by atoms with Gasteiger partial charge in [-0.05, 0) is 35.9 Å². The number of nitrogens with zero attached hydrogens (tertiary/aromatic N) is 1. The molecule has 0 aliphatic rings. The number of aliphatic hydroxyl groups excluding tert-OH is 1. The molecule has 0 atom stereocenters. The minimum Gasteiger partial charge on any atom is -0.395 e. The summed E-state index contributed by atoms with van der Waals surface area (Å²) in [6.07, 6.45) is 1.33. The van der Waals surface area contributed by atoms with Crippen molar-refractivity contribution in [3.63, 3.8) is 0 Å². The maximum Gasteiger partial charge on any atom is 0.270 e. The monoisotopic (exact) mass is 433 g/mol. The third-order valence-electron chi connectivity index (χ3n) is 3.39. The van der Waals surface area contributed by atoms with Gasteiger partial charge in [0.1, 0.15) is 5.70 Å². The van der Waals surface area contributed by atoms with Gasteiger partial charge >= 0.3 is 0 Å². The normalized spacial score (nSPS) is 11.0. The van der Waals surface area contributed by atoms with E-state index in [1.165, 1.54) is 24.3 Å². The Morgan fingerprint density at radius 2 is 1.89 bits per heavy atom. The van der Waals surface area contributed by atoms with E-state index in [0.29, 0.717) is 11.1 Å². The van der Waals surface area contributed by atoms with E-state index in [-0.39, 0.29) is 24.5 Å². The van der Waals surface area contributed by atoms with Crippen LogP contribution in [0.1, 0.15) is 15.9 Å². The lowest BCUT2D eigenvalue weighted by Gasteiger charge is -2.11. The van der Waals surface area contributed by atoms with Crippen LogP contribution >= 0.6 is 15.9 Å². The average Bonchev–Trinajstić information content (AvgIpc) is 2.66. The number of aliphatic hydroxyl groups is 1. The number of nitrogens with one attached hydrogen (secondary N) is 2. The number of halogens is 1. The number of amides is 2. The minimum absolute atomic E-state index is 0.000729. The molecule has 0 saturated carbocycles. The molecule has 2 aromatic rings. The number of rotatable bonds is 7. The van der Waals surface area contributed by atoms with Crippen LogP contribution in [0.25, 0.3) is 6.08 Å². The molecule has 0 aliphatic heterocycles. The zero-order valence-electron chi connectivity index (χ0n) is 14.0. The van der Waals surface area contributed by atoms with Crippen molar-refractivity contribution in [3.8, 4) is 0 Å². The van der Waals surface area contributed by atoms with E-state index in [1.54, 1.807) is 30.3 Å². The van der Waals surface area contributed by atoms with E-state index in [1.807, 2.05) is 0 Å². The average molecular weight is 434 g/mol. The van der Waals surface area contributed by atoms with E-state index in [9.17, 15) is 19.7 Å². The molecule has 3 N–H and O–H groups in total. The molecule has 9 heteroatoms. The highest BCUT2D eigenvalue weighted by atomic mass is 79.9. The maximum absolute atomic E-state index is 12.4. The Balaban J connectivity index is 2.31. The van der Waals surface area contributed by atoms with Crippen LogP contribution in [-0.2, 0) is 4.79 Å². The smallest absolute Gasteiger partial charge is 0.270 e. The number of nitro benzene ring substituents is 1. The van der Waals surface area contributed by atoms with Crippen LogP contribution in [0.4, 0.5) is 5.69 Å². The van der Waals surface area contributed by atoms with Crippen LogP contribution < -0.4 is 10.6 Å². The third kappa shape index (κ3) is 6.01. The lowest BCUT2D eigenvalue weighted by Crippen LogP contribution is -2.36. The highest BCUT2D eigenvalue weighted by Gasteiger charge is 2.15. The summed E-state index contributed by atoms with van der Waals surface area (Å²) < 4.78 is 0.798. The van der Waals surface area contributed by atoms with E-state index in [0.717, 1.165) is 4.47 Å². The van der Waals surface area contributed by atoms with E-state index >= 15 is 0 Å². The van der Waals surface area contributed by atoms with Crippen LogP contribution in [0.2, 0.25) is 0 Å². The molecule has 0 saturated heterocycles. The second-order valence-corrected chi connectivity index (χ2v) is 6.27. The fraction of sp³-hybridized carbons (Fsp3) is 0.111. The van der Waals surface area contributed by atoms with Crippen molar-refractivity contribution in [3.05, 3.63) is 79.9 Å². The molecule has 140 valence electrons. The SMILES string of the molecule is O=C(NCCO)C(=Cc1cccc([N+](=O)[O-])c1)NC(=O)c1ccc(Br)cc1. The maximum atomic E-state index is 12.4. The summed E-state index contributed by atoms with van der Waals surface area (Å²) in [4.78, 5) is 35.1. The number of benzene rings is 2. The summed E-state index contributed by atoms with van der Waals surface area (Å²) in [5.74, 6) is -1.14. The van der Waals surface area contributed by atoms with Gasteiger partial charge in [0.25, 0.3) is 17.5 Å². The second-order valence-electron chi connectivity index (χ2n) is 5.35. The molecule has 8 nitrogen and oxygen atoms in total. The first-order valence-corrected chi connectivity index (χ1v) is 8.62. The first-order chi connectivity index (χ1) is 12.9. The molecule has 0 heterocycles. The molecule has 0 aliphatic carbocycles. The quantitative estimate of drug-likeness (QED) is 0.351. The zero-order chi connectivity index (χ0) is 19.8. The predicted molar refractivity (Wildman–Crippen MR) is 103 cm³/mol. The molecule has 0 fully saturated rings. The fourth-order valence-corrected chi connectivity index (χ4v) is 2.38. The number of hydrogen-bond acceptors (Lipinski definition) is 5.